The van der Waals surface area contributed by atoms with Gasteiger partial charge in [0.1, 0.15) is 11.6 Å². The van der Waals surface area contributed by atoms with Crippen LogP contribution in [0.2, 0.25) is 0 Å². The fraction of sp³-hybridized carbons (Fsp3) is 0.467. The van der Waals surface area contributed by atoms with Crippen molar-refractivity contribution in [1.82, 2.24) is 5.32 Å². The van der Waals surface area contributed by atoms with Crippen LogP contribution in [0.15, 0.2) is 18.2 Å². The molecular weight excluding hydrogens is 399 g/mol. The molecule has 0 aliphatic rings. The number of alkyl carbamates (subject to hydrolysis) is 1. The lowest BCUT2D eigenvalue weighted by atomic mass is 10.1. The maximum absolute atomic E-state index is 11.9. The smallest absolute Gasteiger partial charge is 0.408 e. The van der Waals surface area contributed by atoms with E-state index < -0.39 is 23.7 Å². The number of benzene rings is 1. The Kier molecular flexibility index (Phi) is 6.46. The number of carbonyl (C=O) groups is 2. The van der Waals surface area contributed by atoms with E-state index in [4.69, 9.17) is 15.2 Å². The van der Waals surface area contributed by atoms with Crippen molar-refractivity contribution < 1.29 is 19.1 Å². The molecule has 1 rings (SSSR count). The number of nitrogens with two attached hydrogens (primary N) is 1. The predicted molar refractivity (Wildman–Crippen MR) is 92.4 cm³/mol. The zero-order chi connectivity index (χ0) is 16.9. The van der Waals surface area contributed by atoms with Crippen LogP contribution < -0.4 is 11.1 Å². The summed E-state index contributed by atoms with van der Waals surface area (Å²) < 4.78 is 10.8. The van der Waals surface area contributed by atoms with Gasteiger partial charge in [0.25, 0.3) is 0 Å². The van der Waals surface area contributed by atoms with Crippen molar-refractivity contribution in [2.24, 2.45) is 0 Å². The van der Waals surface area contributed by atoms with E-state index in [0.717, 1.165) is 9.13 Å². The van der Waals surface area contributed by atoms with Crippen LogP contribution in [0.1, 0.15) is 26.3 Å². The third kappa shape index (κ3) is 6.08. The fourth-order valence-corrected chi connectivity index (χ4v) is 2.30. The van der Waals surface area contributed by atoms with Crippen molar-refractivity contribution >= 4 is 40.3 Å². The van der Waals surface area contributed by atoms with E-state index in [9.17, 15) is 9.59 Å². The Morgan fingerprint density at radius 2 is 2.00 bits per heavy atom. The second kappa shape index (κ2) is 7.66. The van der Waals surface area contributed by atoms with Gasteiger partial charge in [-0.3, -0.25) is 0 Å². The molecule has 0 saturated heterocycles. The first-order valence-electron chi connectivity index (χ1n) is 6.73. The number of ether oxygens (including phenoxy) is 2. The zero-order valence-electron chi connectivity index (χ0n) is 13.1. The number of esters is 1. The van der Waals surface area contributed by atoms with Gasteiger partial charge in [0.15, 0.2) is 0 Å². The van der Waals surface area contributed by atoms with E-state index >= 15 is 0 Å². The van der Waals surface area contributed by atoms with Crippen molar-refractivity contribution in [2.75, 3.05) is 12.8 Å². The van der Waals surface area contributed by atoms with Crippen LogP contribution in [-0.4, -0.2) is 30.8 Å². The van der Waals surface area contributed by atoms with Crippen LogP contribution in [0, 0.1) is 3.57 Å². The molecule has 7 heteroatoms. The van der Waals surface area contributed by atoms with Crippen molar-refractivity contribution in [1.29, 1.82) is 0 Å². The summed E-state index contributed by atoms with van der Waals surface area (Å²) in [5, 5.41) is 2.54. The second-order valence-electron chi connectivity index (χ2n) is 5.78. The standard InChI is InChI=1S/C15H21IN2O4/c1-15(2,3)22-14(20)18-12(13(19)21-4)8-9-5-6-11(17)10(16)7-9/h5-7,12H,8,17H2,1-4H3,(H,18,20)/t12-/m0/s1. The van der Waals surface area contributed by atoms with E-state index in [-0.39, 0.29) is 0 Å². The molecule has 0 saturated carbocycles. The first kappa shape index (κ1) is 18.5. The highest BCUT2D eigenvalue weighted by molar-refractivity contribution is 14.1. The van der Waals surface area contributed by atoms with Gasteiger partial charge in [0.2, 0.25) is 0 Å². The maximum atomic E-state index is 11.9. The molecule has 6 nitrogen and oxygen atoms in total. The summed E-state index contributed by atoms with van der Waals surface area (Å²) in [4.78, 5) is 23.7. The number of hydrogen-bond donors (Lipinski definition) is 2. The molecule has 0 aromatic heterocycles. The maximum Gasteiger partial charge on any atom is 0.408 e. The Hall–Kier alpha value is -1.51. The number of nitrogens with one attached hydrogen (secondary N) is 1. The van der Waals surface area contributed by atoms with Gasteiger partial charge in [0.05, 0.1) is 7.11 Å². The van der Waals surface area contributed by atoms with Crippen LogP contribution in [0.3, 0.4) is 0 Å². The fourth-order valence-electron chi connectivity index (χ4n) is 1.72. The van der Waals surface area contributed by atoms with Crippen LogP contribution >= 0.6 is 22.6 Å². The molecule has 1 amide bonds. The number of carbonyl (C=O) groups excluding carboxylic acids is 2. The summed E-state index contributed by atoms with van der Waals surface area (Å²) in [7, 11) is 1.28. The molecule has 0 radical (unpaired) electrons. The third-order valence-corrected chi connectivity index (χ3v) is 3.62. The van der Waals surface area contributed by atoms with Crippen LogP contribution in [0.5, 0.6) is 0 Å². The Bertz CT molecular complexity index is 555. The molecule has 1 aromatic carbocycles. The van der Waals surface area contributed by atoms with E-state index in [1.165, 1.54) is 7.11 Å². The molecule has 1 aromatic rings. The number of nitrogen functional groups attached to an aromatic ring is 1. The number of anilines is 1. The topological polar surface area (TPSA) is 90.6 Å². The molecule has 122 valence electrons. The van der Waals surface area contributed by atoms with E-state index in [2.05, 4.69) is 27.9 Å². The molecule has 0 spiro atoms. The number of rotatable bonds is 4. The summed E-state index contributed by atoms with van der Waals surface area (Å²) >= 11 is 2.11. The van der Waals surface area contributed by atoms with Gasteiger partial charge in [-0.2, -0.15) is 0 Å². The molecule has 0 aliphatic heterocycles. The van der Waals surface area contributed by atoms with Gasteiger partial charge < -0.3 is 20.5 Å². The lowest BCUT2D eigenvalue weighted by molar-refractivity contribution is -0.143. The summed E-state index contributed by atoms with van der Waals surface area (Å²) in [6.07, 6.45) is -0.365. The normalized spacial score (nSPS) is 12.4. The minimum atomic E-state index is -0.820. The molecule has 0 aliphatic carbocycles. The quantitative estimate of drug-likeness (QED) is 0.444. The van der Waals surface area contributed by atoms with Gasteiger partial charge >= 0.3 is 12.1 Å². The summed E-state index contributed by atoms with van der Waals surface area (Å²) in [6.45, 7) is 5.26. The van der Waals surface area contributed by atoms with Gasteiger partial charge in [-0.25, -0.2) is 9.59 Å². The van der Waals surface area contributed by atoms with E-state index in [1.54, 1.807) is 26.8 Å². The van der Waals surface area contributed by atoms with Crippen molar-refractivity contribution in [3.8, 4) is 0 Å². The first-order chi connectivity index (χ1) is 10.1. The first-order valence-corrected chi connectivity index (χ1v) is 7.81. The van der Waals surface area contributed by atoms with E-state index in [0.29, 0.717) is 12.1 Å². The minimum Gasteiger partial charge on any atom is -0.467 e. The third-order valence-electron chi connectivity index (χ3n) is 2.68. The highest BCUT2D eigenvalue weighted by Crippen LogP contribution is 2.17. The summed E-state index contributed by atoms with van der Waals surface area (Å²) in [5.74, 6) is -0.530. The van der Waals surface area contributed by atoms with Crippen LogP contribution in [-0.2, 0) is 20.7 Å². The van der Waals surface area contributed by atoms with Gasteiger partial charge in [0, 0.05) is 15.7 Å². The van der Waals surface area contributed by atoms with Crippen molar-refractivity contribution in [2.45, 2.75) is 38.8 Å². The number of amides is 1. The Balaban J connectivity index is 2.82. The highest BCUT2D eigenvalue weighted by Gasteiger charge is 2.25. The molecule has 0 fully saturated rings. The predicted octanol–water partition coefficient (Wildman–Crippen LogP) is 2.48. The molecular formula is C15H21IN2O4. The molecule has 1 atom stereocenters. The molecule has 22 heavy (non-hydrogen) atoms. The summed E-state index contributed by atoms with van der Waals surface area (Å²) in [6, 6.07) is 4.62. The van der Waals surface area contributed by atoms with E-state index in [1.807, 2.05) is 12.1 Å². The monoisotopic (exact) mass is 420 g/mol. The van der Waals surface area contributed by atoms with Crippen LogP contribution in [0.25, 0.3) is 0 Å². The van der Waals surface area contributed by atoms with Crippen molar-refractivity contribution in [3.63, 3.8) is 0 Å². The van der Waals surface area contributed by atoms with Crippen LogP contribution in [0.4, 0.5) is 10.5 Å². The number of halogens is 1. The van der Waals surface area contributed by atoms with Crippen molar-refractivity contribution in [3.05, 3.63) is 27.3 Å². The largest absolute Gasteiger partial charge is 0.467 e. The molecule has 0 bridgehead atoms. The second-order valence-corrected chi connectivity index (χ2v) is 6.94. The molecule has 0 unspecified atom stereocenters. The molecule has 0 heterocycles. The number of methoxy groups -OCH3 is 1. The lowest BCUT2D eigenvalue weighted by Crippen LogP contribution is -2.45. The van der Waals surface area contributed by atoms with Gasteiger partial charge in [-0.1, -0.05) is 6.07 Å². The highest BCUT2D eigenvalue weighted by atomic mass is 127. The van der Waals surface area contributed by atoms with Gasteiger partial charge in [-0.05, 0) is 61.1 Å². The number of hydrogen-bond acceptors (Lipinski definition) is 5. The summed E-state index contributed by atoms with van der Waals surface area (Å²) in [5.41, 5.74) is 6.66. The average molecular weight is 420 g/mol. The average Bonchev–Trinajstić information content (AvgIpc) is 2.39. The minimum absolute atomic E-state index is 0.294. The Morgan fingerprint density at radius 3 is 2.50 bits per heavy atom. The SMILES string of the molecule is COC(=O)[C@H](Cc1ccc(N)c(I)c1)NC(=O)OC(C)(C)C. The Labute approximate surface area is 143 Å². The lowest BCUT2D eigenvalue weighted by Gasteiger charge is -2.22. The Morgan fingerprint density at radius 1 is 1.36 bits per heavy atom. The molecule has 3 N–H and O–H groups in total. The zero-order valence-corrected chi connectivity index (χ0v) is 15.3. The van der Waals surface area contributed by atoms with Gasteiger partial charge in [-0.15, -0.1) is 0 Å².